The molecule has 0 aliphatic heterocycles. The molecule has 0 unspecified atom stereocenters. The van der Waals surface area contributed by atoms with Gasteiger partial charge in [0.05, 0.1) is 6.54 Å². The summed E-state index contributed by atoms with van der Waals surface area (Å²) in [5.74, 6) is -1.10. The third-order valence-corrected chi connectivity index (χ3v) is 3.12. The van der Waals surface area contributed by atoms with E-state index < -0.39 is 31.1 Å². The summed E-state index contributed by atoms with van der Waals surface area (Å²) in [4.78, 5) is 27.3. The zero-order valence-electron chi connectivity index (χ0n) is 13.5. The molecule has 0 aliphatic rings. The summed E-state index contributed by atoms with van der Waals surface area (Å²) in [6.07, 6.45) is -1.21. The molecule has 0 fully saturated rings. The van der Waals surface area contributed by atoms with Gasteiger partial charge in [0.2, 0.25) is 5.91 Å². The van der Waals surface area contributed by atoms with Gasteiger partial charge >= 0.3 is 6.18 Å². The van der Waals surface area contributed by atoms with Crippen LogP contribution < -0.4 is 15.4 Å². The predicted molar refractivity (Wildman–Crippen MR) is 86.4 cm³/mol. The molecule has 0 bridgehead atoms. The molecular formula is C17H16F3N3O3. The fraction of sp³-hybridized carbons (Fsp3) is 0.235. The van der Waals surface area contributed by atoms with Crippen molar-refractivity contribution in [3.8, 4) is 5.75 Å². The van der Waals surface area contributed by atoms with E-state index in [1.165, 1.54) is 12.1 Å². The number of amides is 2. The number of benzene rings is 1. The number of rotatable bonds is 7. The van der Waals surface area contributed by atoms with Crippen LogP contribution in [0.25, 0.3) is 0 Å². The molecule has 2 rings (SSSR count). The van der Waals surface area contributed by atoms with Crippen molar-refractivity contribution in [1.29, 1.82) is 0 Å². The highest BCUT2D eigenvalue weighted by Gasteiger charge is 2.27. The molecule has 1 aromatic carbocycles. The normalized spacial score (nSPS) is 10.9. The highest BCUT2D eigenvalue weighted by molar-refractivity contribution is 5.96. The van der Waals surface area contributed by atoms with Gasteiger partial charge in [-0.15, -0.1) is 0 Å². The number of alkyl halides is 3. The molecule has 26 heavy (non-hydrogen) atoms. The molecule has 1 aromatic heterocycles. The van der Waals surface area contributed by atoms with Crippen LogP contribution in [0.2, 0.25) is 0 Å². The van der Waals surface area contributed by atoms with Crippen molar-refractivity contribution in [2.24, 2.45) is 0 Å². The van der Waals surface area contributed by atoms with Gasteiger partial charge in [-0.1, -0.05) is 12.1 Å². The molecule has 1 heterocycles. The third kappa shape index (κ3) is 6.80. The summed E-state index contributed by atoms with van der Waals surface area (Å²) < 4.78 is 41.6. The van der Waals surface area contributed by atoms with E-state index >= 15 is 0 Å². The lowest BCUT2D eigenvalue weighted by molar-refractivity contribution is -0.137. The Kier molecular flexibility index (Phi) is 6.54. The van der Waals surface area contributed by atoms with Crippen molar-refractivity contribution in [3.05, 3.63) is 59.9 Å². The first-order valence-corrected chi connectivity index (χ1v) is 7.57. The number of carbonyl (C=O) groups excluding carboxylic acids is 2. The quantitative estimate of drug-likeness (QED) is 0.785. The minimum Gasteiger partial charge on any atom is -0.489 e. The second kappa shape index (κ2) is 8.84. The number of hydrogen-bond acceptors (Lipinski definition) is 4. The lowest BCUT2D eigenvalue weighted by atomic mass is 10.2. The number of pyridine rings is 1. The van der Waals surface area contributed by atoms with Gasteiger partial charge in [0.1, 0.15) is 18.9 Å². The molecule has 138 valence electrons. The zero-order valence-corrected chi connectivity index (χ0v) is 13.5. The van der Waals surface area contributed by atoms with Gasteiger partial charge in [0.15, 0.2) is 0 Å². The van der Waals surface area contributed by atoms with Gasteiger partial charge < -0.3 is 15.4 Å². The Bertz CT molecular complexity index is 752. The van der Waals surface area contributed by atoms with Gasteiger partial charge in [-0.05, 0) is 24.3 Å². The molecule has 0 spiro atoms. The van der Waals surface area contributed by atoms with E-state index in [1.807, 2.05) is 6.07 Å². The first-order valence-electron chi connectivity index (χ1n) is 7.57. The van der Waals surface area contributed by atoms with E-state index in [-0.39, 0.29) is 12.2 Å². The van der Waals surface area contributed by atoms with Crippen molar-refractivity contribution in [2.75, 3.05) is 13.1 Å². The van der Waals surface area contributed by atoms with Gasteiger partial charge in [-0.2, -0.15) is 13.2 Å². The number of aromatic nitrogens is 1. The SMILES string of the molecule is O=C(CNC(=O)c1cccc(OCc2cccnc2)c1)NCC(F)(F)F. The summed E-state index contributed by atoms with van der Waals surface area (Å²) in [6, 6.07) is 9.83. The fourth-order valence-electron chi connectivity index (χ4n) is 1.90. The molecule has 2 aromatic rings. The molecule has 0 radical (unpaired) electrons. The molecule has 0 atom stereocenters. The molecule has 0 aliphatic carbocycles. The molecule has 0 saturated heterocycles. The van der Waals surface area contributed by atoms with E-state index in [4.69, 9.17) is 4.74 Å². The monoisotopic (exact) mass is 367 g/mol. The molecule has 2 N–H and O–H groups in total. The van der Waals surface area contributed by atoms with Crippen molar-refractivity contribution >= 4 is 11.8 Å². The molecule has 9 heteroatoms. The molecular weight excluding hydrogens is 351 g/mol. The summed E-state index contributed by atoms with van der Waals surface area (Å²) in [5.41, 5.74) is 1.07. The average molecular weight is 367 g/mol. The van der Waals surface area contributed by atoms with Gasteiger partial charge in [0, 0.05) is 23.5 Å². The van der Waals surface area contributed by atoms with E-state index in [9.17, 15) is 22.8 Å². The smallest absolute Gasteiger partial charge is 0.405 e. The topological polar surface area (TPSA) is 80.3 Å². The lowest BCUT2D eigenvalue weighted by Crippen LogP contribution is -2.40. The van der Waals surface area contributed by atoms with Crippen molar-refractivity contribution < 1.29 is 27.5 Å². The van der Waals surface area contributed by atoms with E-state index in [0.29, 0.717) is 5.75 Å². The lowest BCUT2D eigenvalue weighted by Gasteiger charge is -2.10. The number of carbonyl (C=O) groups is 2. The van der Waals surface area contributed by atoms with Crippen LogP contribution >= 0.6 is 0 Å². The van der Waals surface area contributed by atoms with Crippen molar-refractivity contribution in [3.63, 3.8) is 0 Å². The van der Waals surface area contributed by atoms with Crippen molar-refractivity contribution in [2.45, 2.75) is 12.8 Å². The Morgan fingerprint density at radius 1 is 1.12 bits per heavy atom. The first-order chi connectivity index (χ1) is 12.3. The molecule has 2 amide bonds. The average Bonchev–Trinajstić information content (AvgIpc) is 2.63. The Morgan fingerprint density at radius 3 is 2.62 bits per heavy atom. The molecule has 6 nitrogen and oxygen atoms in total. The Balaban J connectivity index is 1.84. The predicted octanol–water partition coefficient (Wildman–Crippen LogP) is 2.07. The van der Waals surface area contributed by atoms with Gasteiger partial charge in [-0.3, -0.25) is 14.6 Å². The van der Waals surface area contributed by atoms with Crippen LogP contribution in [0.1, 0.15) is 15.9 Å². The van der Waals surface area contributed by atoms with Crippen LogP contribution in [0.15, 0.2) is 48.8 Å². The summed E-state index contributed by atoms with van der Waals surface area (Å²) in [5, 5.41) is 3.92. The maximum Gasteiger partial charge on any atom is 0.405 e. The number of halogens is 3. The van der Waals surface area contributed by atoms with Crippen LogP contribution in [-0.4, -0.2) is 36.1 Å². The number of nitrogens with zero attached hydrogens (tertiary/aromatic N) is 1. The van der Waals surface area contributed by atoms with Gasteiger partial charge in [-0.25, -0.2) is 0 Å². The van der Waals surface area contributed by atoms with E-state index in [2.05, 4.69) is 10.3 Å². The van der Waals surface area contributed by atoms with Gasteiger partial charge in [0.25, 0.3) is 5.91 Å². The van der Waals surface area contributed by atoms with Crippen molar-refractivity contribution in [1.82, 2.24) is 15.6 Å². The number of nitrogens with one attached hydrogen (secondary N) is 2. The Labute approximate surface area is 147 Å². The second-order valence-electron chi connectivity index (χ2n) is 5.25. The molecule has 0 saturated carbocycles. The van der Waals surface area contributed by atoms with Crippen LogP contribution in [0.4, 0.5) is 13.2 Å². The minimum absolute atomic E-state index is 0.220. The fourth-order valence-corrected chi connectivity index (χ4v) is 1.90. The van der Waals surface area contributed by atoms with Crippen LogP contribution in [-0.2, 0) is 11.4 Å². The Morgan fingerprint density at radius 2 is 1.92 bits per heavy atom. The minimum atomic E-state index is -4.50. The summed E-state index contributed by atoms with van der Waals surface area (Å²) >= 11 is 0. The highest BCUT2D eigenvalue weighted by Crippen LogP contribution is 2.15. The van der Waals surface area contributed by atoms with Crippen LogP contribution in [0.3, 0.4) is 0 Å². The maximum absolute atomic E-state index is 12.0. The van der Waals surface area contributed by atoms with Crippen LogP contribution in [0.5, 0.6) is 5.75 Å². The maximum atomic E-state index is 12.0. The highest BCUT2D eigenvalue weighted by atomic mass is 19.4. The first kappa shape index (κ1) is 19.2. The summed E-state index contributed by atoms with van der Waals surface area (Å²) in [6.45, 7) is -1.74. The van der Waals surface area contributed by atoms with E-state index in [1.54, 1.807) is 35.9 Å². The standard InChI is InChI=1S/C17H16F3N3O3/c18-17(19,20)11-23-15(24)9-22-16(25)13-4-1-5-14(7-13)26-10-12-3-2-6-21-8-12/h1-8H,9-11H2,(H,22,25)(H,23,24). The largest absolute Gasteiger partial charge is 0.489 e. The summed E-state index contributed by atoms with van der Waals surface area (Å²) in [7, 11) is 0. The third-order valence-electron chi connectivity index (χ3n) is 3.12. The second-order valence-corrected chi connectivity index (χ2v) is 5.25. The number of ether oxygens (including phenoxy) is 1. The number of hydrogen-bond donors (Lipinski definition) is 2. The Hall–Kier alpha value is -3.10. The van der Waals surface area contributed by atoms with Crippen LogP contribution in [0, 0.1) is 0 Å². The zero-order chi connectivity index (χ0) is 19.0. The van der Waals surface area contributed by atoms with E-state index in [0.717, 1.165) is 5.56 Å².